The molecule has 0 saturated heterocycles. The molecule has 0 radical (unpaired) electrons. The Morgan fingerprint density at radius 1 is 0.953 bits per heavy atom. The van der Waals surface area contributed by atoms with E-state index in [1.807, 2.05) is 42.5 Å². The highest BCUT2D eigenvalue weighted by atomic mass is 35.5. The molecule has 1 saturated carbocycles. The molecule has 4 amide bonds. The minimum Gasteiger partial charge on any atom is -0.368 e. The molecule has 2 heterocycles. The first-order valence-electron chi connectivity index (χ1n) is 13.9. The smallest absolute Gasteiger partial charge is 0.320 e. The fourth-order valence-electron chi connectivity index (χ4n) is 5.18. The predicted octanol–water partition coefficient (Wildman–Crippen LogP) is 5.13. The lowest BCUT2D eigenvalue weighted by Gasteiger charge is -2.29. The molecule has 0 spiro atoms. The number of hydrogen-bond donors (Lipinski definition) is 4. The molecular formula is C31H31Cl2N7O3. The number of carbonyl (C=O) groups is 3. The van der Waals surface area contributed by atoms with Gasteiger partial charge < -0.3 is 16.4 Å². The van der Waals surface area contributed by atoms with Crippen LogP contribution in [0.2, 0.25) is 10.0 Å². The average Bonchev–Trinajstić information content (AvgIpc) is 3.43. The lowest BCUT2D eigenvalue weighted by molar-refractivity contribution is -0.130. The van der Waals surface area contributed by atoms with Crippen molar-refractivity contribution in [2.24, 2.45) is 11.7 Å². The maximum Gasteiger partial charge on any atom is 0.320 e. The van der Waals surface area contributed by atoms with E-state index in [9.17, 15) is 14.4 Å². The van der Waals surface area contributed by atoms with Crippen molar-refractivity contribution < 1.29 is 14.4 Å². The second-order valence-corrected chi connectivity index (χ2v) is 11.3. The summed E-state index contributed by atoms with van der Waals surface area (Å²) in [5.74, 6) is -0.690. The van der Waals surface area contributed by atoms with Crippen LogP contribution in [0, 0.1) is 5.92 Å². The van der Waals surface area contributed by atoms with E-state index in [2.05, 4.69) is 26.0 Å². The van der Waals surface area contributed by atoms with E-state index in [1.54, 1.807) is 41.3 Å². The number of halogens is 2. The van der Waals surface area contributed by atoms with Crippen LogP contribution in [0.5, 0.6) is 0 Å². The molecule has 222 valence electrons. The zero-order chi connectivity index (χ0) is 30.3. The minimum atomic E-state index is -0.781. The van der Waals surface area contributed by atoms with E-state index < -0.39 is 18.0 Å². The molecule has 2 aromatic heterocycles. The Morgan fingerprint density at radius 3 is 2.40 bits per heavy atom. The second-order valence-electron chi connectivity index (χ2n) is 10.5. The number of rotatable bonds is 9. The van der Waals surface area contributed by atoms with Crippen LogP contribution in [0.1, 0.15) is 31.2 Å². The number of nitrogens with zero attached hydrogens (tertiary/aromatic N) is 3. The van der Waals surface area contributed by atoms with Crippen molar-refractivity contribution in [1.29, 1.82) is 0 Å². The number of nitrogens with two attached hydrogens (primary N) is 1. The van der Waals surface area contributed by atoms with Gasteiger partial charge in [-0.25, -0.2) is 9.48 Å². The Bertz CT molecular complexity index is 1590. The van der Waals surface area contributed by atoms with Crippen LogP contribution in [-0.2, 0) is 16.0 Å². The molecule has 0 bridgehead atoms. The summed E-state index contributed by atoms with van der Waals surface area (Å²) in [6.07, 6.45) is 6.10. The van der Waals surface area contributed by atoms with Crippen molar-refractivity contribution in [3.63, 3.8) is 0 Å². The molecule has 2 aromatic carbocycles. The summed E-state index contributed by atoms with van der Waals surface area (Å²) in [4.78, 5) is 42.0. The van der Waals surface area contributed by atoms with Gasteiger partial charge in [-0.15, -0.1) is 5.10 Å². The third-order valence-corrected chi connectivity index (χ3v) is 8.17. The normalized spacial score (nSPS) is 17.1. The molecule has 1 aliphatic carbocycles. The number of carbonyl (C=O) groups excluding carboxylic acids is 3. The number of pyridine rings is 1. The summed E-state index contributed by atoms with van der Waals surface area (Å²) in [5.41, 5.74) is 8.65. The summed E-state index contributed by atoms with van der Waals surface area (Å²) < 4.78 is 1.66. The average molecular weight is 621 g/mol. The highest BCUT2D eigenvalue weighted by molar-refractivity contribution is 6.42. The lowest BCUT2D eigenvalue weighted by atomic mass is 9.85. The van der Waals surface area contributed by atoms with Crippen molar-refractivity contribution in [3.8, 4) is 16.9 Å². The Hall–Kier alpha value is -4.41. The predicted molar refractivity (Wildman–Crippen MR) is 166 cm³/mol. The quantitative estimate of drug-likeness (QED) is 0.205. The van der Waals surface area contributed by atoms with Gasteiger partial charge in [-0.2, -0.15) is 0 Å². The number of hydrogen-bond acceptors (Lipinski definition) is 5. The number of benzene rings is 2. The molecule has 0 aliphatic heterocycles. The van der Waals surface area contributed by atoms with Crippen molar-refractivity contribution in [1.82, 2.24) is 25.4 Å². The molecule has 1 atom stereocenters. The van der Waals surface area contributed by atoms with Crippen molar-refractivity contribution >= 4 is 46.9 Å². The molecule has 5 N–H and O–H groups in total. The van der Waals surface area contributed by atoms with Crippen LogP contribution in [-0.4, -0.2) is 44.7 Å². The molecule has 5 rings (SSSR count). The third-order valence-electron chi connectivity index (χ3n) is 7.43. The van der Waals surface area contributed by atoms with Crippen LogP contribution in [0.3, 0.4) is 0 Å². The van der Waals surface area contributed by atoms with Crippen LogP contribution in [0.25, 0.3) is 16.9 Å². The molecule has 1 fully saturated rings. The van der Waals surface area contributed by atoms with Gasteiger partial charge in [0.2, 0.25) is 11.8 Å². The Kier molecular flexibility index (Phi) is 9.58. The summed E-state index contributed by atoms with van der Waals surface area (Å²) in [5, 5.41) is 14.0. The van der Waals surface area contributed by atoms with E-state index in [-0.39, 0.29) is 17.9 Å². The van der Waals surface area contributed by atoms with Gasteiger partial charge in [0.25, 0.3) is 0 Å². The van der Waals surface area contributed by atoms with Gasteiger partial charge in [-0.05, 0) is 61.6 Å². The minimum absolute atomic E-state index is 0.116. The summed E-state index contributed by atoms with van der Waals surface area (Å²) in [7, 11) is 0. The number of urea groups is 1. The Morgan fingerprint density at radius 2 is 1.72 bits per heavy atom. The van der Waals surface area contributed by atoms with Crippen LogP contribution < -0.4 is 21.7 Å². The fourth-order valence-corrected chi connectivity index (χ4v) is 5.47. The molecule has 10 nitrogen and oxygen atoms in total. The first-order chi connectivity index (χ1) is 20.8. The summed E-state index contributed by atoms with van der Waals surface area (Å²) in [6.45, 7) is 0. The molecule has 1 aliphatic rings. The monoisotopic (exact) mass is 619 g/mol. The van der Waals surface area contributed by atoms with Crippen LogP contribution >= 0.6 is 23.2 Å². The van der Waals surface area contributed by atoms with E-state index >= 15 is 0 Å². The third kappa shape index (κ3) is 7.71. The zero-order valence-corrected chi connectivity index (χ0v) is 24.7. The standard InChI is InChI=1S/C31H31Cl2N7O3/c32-24-13-12-23(16-25(24)33)40-27(21-7-4-14-35-18-21)17-28(39-40)38-31(43)36-22-10-8-20(9-11-22)30(42)37-26(29(34)41)15-19-5-2-1-3-6-19/h1-7,12-14,16-18,20,22,26H,8-11,15H2,(H2,34,41)(H,37,42)(H2,36,38,39,43)/t20-,22+,26-/m0/s1. The van der Waals surface area contributed by atoms with Crippen molar-refractivity contribution in [2.75, 3.05) is 5.32 Å². The van der Waals surface area contributed by atoms with Gasteiger partial charge in [0, 0.05) is 42.4 Å². The van der Waals surface area contributed by atoms with Gasteiger partial charge in [0.05, 0.1) is 21.4 Å². The number of amides is 4. The molecule has 0 unspecified atom stereocenters. The SMILES string of the molecule is NC(=O)[C@H](Cc1ccccc1)NC(=O)[C@H]1CC[C@@H](NC(=O)Nc2cc(-c3cccnc3)n(-c3ccc(Cl)c(Cl)c3)n2)CC1. The lowest BCUT2D eigenvalue weighted by Crippen LogP contribution is -2.49. The van der Waals surface area contributed by atoms with E-state index in [4.69, 9.17) is 28.9 Å². The molecular weight excluding hydrogens is 589 g/mol. The zero-order valence-electron chi connectivity index (χ0n) is 23.2. The first-order valence-corrected chi connectivity index (χ1v) is 14.7. The summed E-state index contributed by atoms with van der Waals surface area (Å²) in [6, 6.07) is 18.7. The Balaban J connectivity index is 1.18. The molecule has 4 aromatic rings. The molecule has 43 heavy (non-hydrogen) atoms. The number of primary amides is 1. The molecule has 12 heteroatoms. The highest BCUT2D eigenvalue weighted by Gasteiger charge is 2.30. The van der Waals surface area contributed by atoms with Gasteiger partial charge in [0.1, 0.15) is 6.04 Å². The largest absolute Gasteiger partial charge is 0.368 e. The van der Waals surface area contributed by atoms with Crippen LogP contribution in [0.15, 0.2) is 79.1 Å². The topological polar surface area (TPSA) is 144 Å². The first kappa shape index (κ1) is 30.1. The highest BCUT2D eigenvalue weighted by Crippen LogP contribution is 2.30. The second kappa shape index (κ2) is 13.7. The Labute approximate surface area is 259 Å². The maximum absolute atomic E-state index is 12.9. The van der Waals surface area contributed by atoms with E-state index in [0.29, 0.717) is 59.3 Å². The van der Waals surface area contributed by atoms with Gasteiger partial charge in [0.15, 0.2) is 5.82 Å². The van der Waals surface area contributed by atoms with Crippen molar-refractivity contribution in [3.05, 3.63) is 94.7 Å². The number of nitrogens with one attached hydrogen (secondary N) is 3. The van der Waals surface area contributed by atoms with Crippen molar-refractivity contribution in [2.45, 2.75) is 44.2 Å². The number of aromatic nitrogens is 3. The number of anilines is 1. The van der Waals surface area contributed by atoms with Gasteiger partial charge >= 0.3 is 6.03 Å². The van der Waals surface area contributed by atoms with Gasteiger partial charge in [-0.3, -0.25) is 19.9 Å². The maximum atomic E-state index is 12.9. The van der Waals surface area contributed by atoms with E-state index in [0.717, 1.165) is 11.1 Å². The van der Waals surface area contributed by atoms with Crippen LogP contribution in [0.4, 0.5) is 10.6 Å². The van der Waals surface area contributed by atoms with E-state index in [1.165, 1.54) is 0 Å². The summed E-state index contributed by atoms with van der Waals surface area (Å²) >= 11 is 12.4. The fraction of sp³-hybridized carbons (Fsp3) is 0.258. The van der Waals surface area contributed by atoms with Gasteiger partial charge in [-0.1, -0.05) is 53.5 Å².